The molecule has 0 unspecified atom stereocenters. The van der Waals surface area contributed by atoms with Crippen LogP contribution in [0.5, 0.6) is 0 Å². The lowest BCUT2D eigenvalue weighted by atomic mass is 9.85. The molecule has 0 aliphatic carbocycles. The number of hydrogen-bond donors (Lipinski definition) is 0. The number of carbonyl (C=O) groups excluding carboxylic acids is 1. The van der Waals surface area contributed by atoms with E-state index in [0.29, 0.717) is 11.8 Å². The van der Waals surface area contributed by atoms with Gasteiger partial charge in [0.05, 0.1) is 0 Å². The minimum absolute atomic E-state index is 0. The average Bonchev–Trinajstić information content (AvgIpc) is 1.84. The molecule has 0 rings (SSSR count). The van der Waals surface area contributed by atoms with Gasteiger partial charge in [0.25, 0.3) is 0 Å². The van der Waals surface area contributed by atoms with Crippen LogP contribution < -0.4 is 0 Å². The number of hydrogen-bond acceptors (Lipinski definition) is 1. The van der Waals surface area contributed by atoms with Crippen LogP contribution in [0.1, 0.15) is 40.0 Å². The predicted octanol–water partition coefficient (Wildman–Crippen LogP) is 1.49. The van der Waals surface area contributed by atoms with E-state index in [1.54, 1.807) is 0 Å². The van der Waals surface area contributed by atoms with Crippen molar-refractivity contribution in [3.8, 4) is 0 Å². The van der Waals surface area contributed by atoms with Gasteiger partial charge in [0.2, 0.25) is 0 Å². The van der Waals surface area contributed by atoms with E-state index in [1.165, 1.54) is 0 Å². The first kappa shape index (κ1) is 13.1. The molecule has 0 aromatic rings. The second-order valence-corrected chi connectivity index (χ2v) is 3.22. The van der Waals surface area contributed by atoms with Gasteiger partial charge in [-0.05, 0) is 11.8 Å². The van der Waals surface area contributed by atoms with Crippen LogP contribution in [0.15, 0.2) is 0 Å². The molecule has 2 heteroatoms. The molecule has 0 N–H and O–H groups in total. The first-order chi connectivity index (χ1) is 4.12. The van der Waals surface area contributed by atoms with Crippen molar-refractivity contribution in [2.45, 2.75) is 40.0 Å². The highest BCUT2D eigenvalue weighted by Gasteiger charge is 2.13. The van der Waals surface area contributed by atoms with E-state index >= 15 is 0 Å². The fourth-order valence-corrected chi connectivity index (χ4v) is 0.626. The highest BCUT2D eigenvalue weighted by molar-refractivity contribution is 5.75. The van der Waals surface area contributed by atoms with Gasteiger partial charge >= 0.3 is 23.1 Å². The SMILES string of the molecule is CCC(C)(C)CCC=O.[MgH2]. The zero-order chi connectivity index (χ0) is 7.33. The molecule has 0 aromatic heterocycles. The van der Waals surface area contributed by atoms with Crippen molar-refractivity contribution in [1.82, 2.24) is 0 Å². The van der Waals surface area contributed by atoms with Gasteiger partial charge in [-0.25, -0.2) is 0 Å². The summed E-state index contributed by atoms with van der Waals surface area (Å²) in [6, 6.07) is 0. The zero-order valence-corrected chi connectivity index (χ0v) is 6.61. The van der Waals surface area contributed by atoms with Crippen molar-refractivity contribution in [2.24, 2.45) is 5.41 Å². The molecule has 0 spiro atoms. The maximum atomic E-state index is 9.97. The van der Waals surface area contributed by atoms with Crippen molar-refractivity contribution >= 4 is 29.3 Å². The Hall–Kier alpha value is 0.436. The quantitative estimate of drug-likeness (QED) is 0.443. The molecule has 0 fully saturated rings. The molecular formula is C8H18MgO. The van der Waals surface area contributed by atoms with Gasteiger partial charge in [0.1, 0.15) is 6.29 Å². The summed E-state index contributed by atoms with van der Waals surface area (Å²) >= 11 is 0. The van der Waals surface area contributed by atoms with Gasteiger partial charge in [-0.3, -0.25) is 0 Å². The van der Waals surface area contributed by atoms with Gasteiger partial charge in [-0.1, -0.05) is 27.2 Å². The first-order valence-corrected chi connectivity index (χ1v) is 3.56. The normalized spacial score (nSPS) is 10.3. The third-order valence-corrected chi connectivity index (χ3v) is 1.90. The lowest BCUT2D eigenvalue weighted by Crippen LogP contribution is -2.08. The summed E-state index contributed by atoms with van der Waals surface area (Å²) in [5.41, 5.74) is 0.362. The van der Waals surface area contributed by atoms with Crippen LogP contribution in [0.3, 0.4) is 0 Å². The molecule has 0 bridgehead atoms. The minimum Gasteiger partial charge on any atom is -0.303 e. The molecule has 0 aromatic carbocycles. The molecule has 0 saturated heterocycles. The molecule has 0 amide bonds. The number of rotatable bonds is 4. The van der Waals surface area contributed by atoms with E-state index in [-0.39, 0.29) is 23.1 Å². The number of aldehydes is 1. The molecule has 0 heterocycles. The largest absolute Gasteiger partial charge is 0.316 e. The topological polar surface area (TPSA) is 17.1 Å². The molecule has 0 radical (unpaired) electrons. The Morgan fingerprint density at radius 2 is 1.90 bits per heavy atom. The van der Waals surface area contributed by atoms with Crippen molar-refractivity contribution in [3.05, 3.63) is 0 Å². The Labute approximate surface area is 79.7 Å². The van der Waals surface area contributed by atoms with Crippen molar-refractivity contribution in [3.63, 3.8) is 0 Å². The predicted molar refractivity (Wildman–Crippen MR) is 47.9 cm³/mol. The Morgan fingerprint density at radius 3 is 2.20 bits per heavy atom. The summed E-state index contributed by atoms with van der Waals surface area (Å²) in [5, 5.41) is 0. The van der Waals surface area contributed by atoms with Gasteiger partial charge in [-0.2, -0.15) is 0 Å². The molecule has 0 atom stereocenters. The Morgan fingerprint density at radius 1 is 1.40 bits per heavy atom. The zero-order valence-electron chi connectivity index (χ0n) is 6.61. The Bertz CT molecular complexity index is 89.3. The van der Waals surface area contributed by atoms with Crippen LogP contribution >= 0.6 is 0 Å². The third kappa shape index (κ3) is 6.55. The summed E-state index contributed by atoms with van der Waals surface area (Å²) in [5.74, 6) is 0. The number of carbonyl (C=O) groups is 1. The molecular weight excluding hydrogens is 136 g/mol. The summed E-state index contributed by atoms with van der Waals surface area (Å²) in [6.07, 6.45) is 3.88. The summed E-state index contributed by atoms with van der Waals surface area (Å²) in [6.45, 7) is 6.54. The first-order valence-electron chi connectivity index (χ1n) is 3.56. The Kier molecular flexibility index (Phi) is 8.05. The van der Waals surface area contributed by atoms with Crippen LogP contribution in [0.25, 0.3) is 0 Å². The van der Waals surface area contributed by atoms with Gasteiger partial charge in [0.15, 0.2) is 0 Å². The standard InChI is InChI=1S/C8H16O.Mg.2H/c1-4-8(2,3)6-5-7-9;;;/h7H,4-6H2,1-3H3;;;. The van der Waals surface area contributed by atoms with E-state index in [0.717, 1.165) is 19.1 Å². The molecule has 10 heavy (non-hydrogen) atoms. The van der Waals surface area contributed by atoms with Gasteiger partial charge < -0.3 is 4.79 Å². The third-order valence-electron chi connectivity index (χ3n) is 1.90. The van der Waals surface area contributed by atoms with Crippen molar-refractivity contribution in [2.75, 3.05) is 0 Å². The summed E-state index contributed by atoms with van der Waals surface area (Å²) in [4.78, 5) is 9.97. The van der Waals surface area contributed by atoms with E-state index in [9.17, 15) is 4.79 Å². The van der Waals surface area contributed by atoms with E-state index in [1.807, 2.05) is 0 Å². The molecule has 0 aliphatic heterocycles. The Balaban J connectivity index is 0. The van der Waals surface area contributed by atoms with Gasteiger partial charge in [0, 0.05) is 6.42 Å². The van der Waals surface area contributed by atoms with Crippen LogP contribution in [0.2, 0.25) is 0 Å². The van der Waals surface area contributed by atoms with Crippen molar-refractivity contribution in [1.29, 1.82) is 0 Å². The van der Waals surface area contributed by atoms with Crippen LogP contribution in [0.4, 0.5) is 0 Å². The molecule has 0 saturated carbocycles. The fourth-order valence-electron chi connectivity index (χ4n) is 0.626. The van der Waals surface area contributed by atoms with Gasteiger partial charge in [-0.15, -0.1) is 0 Å². The van der Waals surface area contributed by atoms with Crippen LogP contribution in [0, 0.1) is 5.41 Å². The monoisotopic (exact) mass is 154 g/mol. The van der Waals surface area contributed by atoms with E-state index < -0.39 is 0 Å². The molecule has 58 valence electrons. The summed E-state index contributed by atoms with van der Waals surface area (Å²) < 4.78 is 0. The van der Waals surface area contributed by atoms with E-state index in [4.69, 9.17) is 0 Å². The second-order valence-electron chi connectivity index (χ2n) is 3.22. The maximum absolute atomic E-state index is 9.97. The van der Waals surface area contributed by atoms with Crippen molar-refractivity contribution < 1.29 is 4.79 Å². The maximum Gasteiger partial charge on any atom is 0.316 e. The van der Waals surface area contributed by atoms with E-state index in [2.05, 4.69) is 20.8 Å². The lowest BCUT2D eigenvalue weighted by Gasteiger charge is -2.20. The van der Waals surface area contributed by atoms with Crippen LogP contribution in [-0.2, 0) is 4.79 Å². The molecule has 1 nitrogen and oxygen atoms in total. The average molecular weight is 155 g/mol. The lowest BCUT2D eigenvalue weighted by molar-refractivity contribution is -0.108. The fraction of sp³-hybridized carbons (Fsp3) is 0.875. The highest BCUT2D eigenvalue weighted by atomic mass is 24.3. The summed E-state index contributed by atoms with van der Waals surface area (Å²) in [7, 11) is 0. The minimum atomic E-state index is 0. The smallest absolute Gasteiger partial charge is 0.303 e. The van der Waals surface area contributed by atoms with Crippen LogP contribution in [-0.4, -0.2) is 29.3 Å². The molecule has 0 aliphatic rings. The highest BCUT2D eigenvalue weighted by Crippen LogP contribution is 2.24. The second kappa shape index (κ2) is 6.17.